The third-order valence-corrected chi connectivity index (χ3v) is 9.07. The Kier molecular flexibility index (Phi) is 33.3. The number of phosphoric ester groups is 1. The second kappa shape index (κ2) is 34.4. The average Bonchev–Trinajstić information content (AvgIpc) is 3.04. The Morgan fingerprint density at radius 3 is 1.53 bits per heavy atom. The molecule has 47 heavy (non-hydrogen) atoms. The molecule has 9 heteroatoms. The number of rotatable bonds is 35. The average molecular weight is 687 g/mol. The van der Waals surface area contributed by atoms with E-state index in [-0.39, 0.29) is 25.6 Å². The van der Waals surface area contributed by atoms with E-state index in [0.717, 1.165) is 51.4 Å². The van der Waals surface area contributed by atoms with Crippen LogP contribution < -0.4 is 0 Å². The first-order chi connectivity index (χ1) is 22.8. The van der Waals surface area contributed by atoms with Crippen molar-refractivity contribution in [3.63, 3.8) is 0 Å². The number of ether oxygens (including phenoxy) is 2. The number of phosphoric acid groups is 1. The quantitative estimate of drug-likeness (QED) is 0.0304. The molecule has 0 heterocycles. The van der Waals surface area contributed by atoms with Crippen LogP contribution >= 0.6 is 7.82 Å². The molecule has 0 amide bonds. The van der Waals surface area contributed by atoms with E-state index >= 15 is 0 Å². The standard InChI is InChI=1S/C38H71O8P/c1-4-7-9-11-13-15-16-17-18-19-20-21-22-23-25-27-29-31-33-38(40)46-36(35-45-47(41,42)44-6-3)34-43-37(39)32-30-28-26-24-14-12-10-8-5-2/h15-16,18-19,36H,4-14,17,20-35H2,1-3H3,(H,41,42)/b16-15-,19-18-. The highest BCUT2D eigenvalue weighted by molar-refractivity contribution is 7.47. The molecular formula is C38H71O8P. The fraction of sp³-hybridized carbons (Fsp3) is 0.842. The number of carbonyl (C=O) groups is 2. The minimum atomic E-state index is -4.27. The van der Waals surface area contributed by atoms with E-state index in [0.29, 0.717) is 12.8 Å². The highest BCUT2D eigenvalue weighted by Gasteiger charge is 2.25. The van der Waals surface area contributed by atoms with Crippen LogP contribution in [0.3, 0.4) is 0 Å². The molecule has 0 bridgehead atoms. The van der Waals surface area contributed by atoms with Crippen LogP contribution in [0.15, 0.2) is 24.3 Å². The Morgan fingerprint density at radius 1 is 0.574 bits per heavy atom. The summed E-state index contributed by atoms with van der Waals surface area (Å²) >= 11 is 0. The number of carbonyl (C=O) groups excluding carboxylic acids is 2. The molecule has 0 saturated heterocycles. The molecule has 0 aromatic rings. The van der Waals surface area contributed by atoms with Crippen molar-refractivity contribution in [2.45, 2.75) is 187 Å². The SMILES string of the molecule is CCCCCC/C=C\C/C=C\CCCCCCCCCC(=O)OC(COC(=O)CCCCCCCCCCC)COP(=O)(O)OCC. The van der Waals surface area contributed by atoms with Gasteiger partial charge in [0.05, 0.1) is 13.2 Å². The van der Waals surface area contributed by atoms with Gasteiger partial charge in [-0.05, 0) is 51.9 Å². The van der Waals surface area contributed by atoms with Crippen molar-refractivity contribution in [2.24, 2.45) is 0 Å². The highest BCUT2D eigenvalue weighted by atomic mass is 31.2. The van der Waals surface area contributed by atoms with Gasteiger partial charge in [0, 0.05) is 12.8 Å². The van der Waals surface area contributed by atoms with E-state index in [9.17, 15) is 19.0 Å². The van der Waals surface area contributed by atoms with Gasteiger partial charge in [-0.25, -0.2) is 4.57 Å². The van der Waals surface area contributed by atoms with Crippen LogP contribution in [0.5, 0.6) is 0 Å². The lowest BCUT2D eigenvalue weighted by atomic mass is 10.1. The lowest BCUT2D eigenvalue weighted by Crippen LogP contribution is -2.29. The van der Waals surface area contributed by atoms with Crippen molar-refractivity contribution in [3.05, 3.63) is 24.3 Å². The summed E-state index contributed by atoms with van der Waals surface area (Å²) in [5, 5.41) is 0. The van der Waals surface area contributed by atoms with Gasteiger partial charge in [0.25, 0.3) is 0 Å². The number of hydrogen-bond donors (Lipinski definition) is 1. The minimum Gasteiger partial charge on any atom is -0.462 e. The smallest absolute Gasteiger partial charge is 0.462 e. The summed E-state index contributed by atoms with van der Waals surface area (Å²) in [6, 6.07) is 0. The molecule has 2 unspecified atom stereocenters. The molecule has 276 valence electrons. The number of hydrogen-bond acceptors (Lipinski definition) is 7. The highest BCUT2D eigenvalue weighted by Crippen LogP contribution is 2.43. The van der Waals surface area contributed by atoms with Crippen LogP contribution in [-0.2, 0) is 32.7 Å². The monoisotopic (exact) mass is 686 g/mol. The Bertz CT molecular complexity index is 829. The Balaban J connectivity index is 4.11. The van der Waals surface area contributed by atoms with Crippen LogP contribution in [0.1, 0.15) is 181 Å². The van der Waals surface area contributed by atoms with Gasteiger partial charge in [0.1, 0.15) is 6.61 Å². The molecule has 0 rings (SSSR count). The van der Waals surface area contributed by atoms with E-state index in [1.165, 1.54) is 89.9 Å². The summed E-state index contributed by atoms with van der Waals surface area (Å²) in [6.07, 6.45) is 35.2. The molecule has 0 aromatic heterocycles. The van der Waals surface area contributed by atoms with E-state index in [2.05, 4.69) is 38.2 Å². The summed E-state index contributed by atoms with van der Waals surface area (Å²) < 4.78 is 32.5. The first-order valence-electron chi connectivity index (χ1n) is 19.1. The summed E-state index contributed by atoms with van der Waals surface area (Å²) in [7, 11) is -4.27. The van der Waals surface area contributed by atoms with Gasteiger partial charge < -0.3 is 14.4 Å². The molecule has 0 spiro atoms. The van der Waals surface area contributed by atoms with Crippen LogP contribution in [0.4, 0.5) is 0 Å². The zero-order valence-corrected chi connectivity index (χ0v) is 31.3. The van der Waals surface area contributed by atoms with Crippen LogP contribution in [-0.4, -0.2) is 42.8 Å². The molecule has 0 aliphatic carbocycles. The zero-order chi connectivity index (χ0) is 34.7. The molecule has 1 N–H and O–H groups in total. The number of unbranched alkanes of at least 4 members (excludes halogenated alkanes) is 19. The molecule has 0 radical (unpaired) electrons. The number of esters is 2. The van der Waals surface area contributed by atoms with Crippen molar-refractivity contribution in [1.29, 1.82) is 0 Å². The fourth-order valence-corrected chi connectivity index (χ4v) is 5.94. The maximum atomic E-state index is 12.5. The summed E-state index contributed by atoms with van der Waals surface area (Å²) in [4.78, 5) is 34.5. The molecule has 0 aromatic carbocycles. The Morgan fingerprint density at radius 2 is 1.02 bits per heavy atom. The molecule has 0 saturated carbocycles. The first-order valence-corrected chi connectivity index (χ1v) is 20.6. The van der Waals surface area contributed by atoms with Crippen molar-refractivity contribution in [2.75, 3.05) is 19.8 Å². The topological polar surface area (TPSA) is 108 Å². The zero-order valence-electron chi connectivity index (χ0n) is 30.4. The summed E-state index contributed by atoms with van der Waals surface area (Å²) in [6.45, 7) is 5.42. The molecular weight excluding hydrogens is 615 g/mol. The van der Waals surface area contributed by atoms with E-state index < -0.39 is 26.5 Å². The third-order valence-electron chi connectivity index (χ3n) is 8.01. The predicted molar refractivity (Wildman–Crippen MR) is 193 cm³/mol. The minimum absolute atomic E-state index is 0.000178. The largest absolute Gasteiger partial charge is 0.472 e. The fourth-order valence-electron chi connectivity index (χ4n) is 5.19. The second-order valence-corrected chi connectivity index (χ2v) is 14.1. The number of allylic oxidation sites excluding steroid dienone is 4. The van der Waals surface area contributed by atoms with Gasteiger partial charge in [-0.15, -0.1) is 0 Å². The van der Waals surface area contributed by atoms with Crippen LogP contribution in [0.25, 0.3) is 0 Å². The van der Waals surface area contributed by atoms with Gasteiger partial charge in [-0.2, -0.15) is 0 Å². The summed E-state index contributed by atoms with van der Waals surface area (Å²) in [5.74, 6) is -0.807. The molecule has 8 nitrogen and oxygen atoms in total. The van der Waals surface area contributed by atoms with Crippen LogP contribution in [0, 0.1) is 0 Å². The molecule has 0 fully saturated rings. The Labute approximate surface area is 288 Å². The van der Waals surface area contributed by atoms with Crippen molar-refractivity contribution < 1.29 is 37.6 Å². The van der Waals surface area contributed by atoms with Crippen molar-refractivity contribution in [3.8, 4) is 0 Å². The summed E-state index contributed by atoms with van der Waals surface area (Å²) in [5.41, 5.74) is 0. The van der Waals surface area contributed by atoms with Crippen molar-refractivity contribution in [1.82, 2.24) is 0 Å². The maximum absolute atomic E-state index is 12.5. The van der Waals surface area contributed by atoms with E-state index in [1.54, 1.807) is 6.92 Å². The third kappa shape index (κ3) is 34.2. The Hall–Kier alpha value is -1.47. The predicted octanol–water partition coefficient (Wildman–Crippen LogP) is 11.5. The lowest BCUT2D eigenvalue weighted by molar-refractivity contribution is -0.161. The van der Waals surface area contributed by atoms with Crippen LogP contribution in [0.2, 0.25) is 0 Å². The van der Waals surface area contributed by atoms with Crippen molar-refractivity contribution >= 4 is 19.8 Å². The first kappa shape index (κ1) is 45.5. The second-order valence-electron chi connectivity index (χ2n) is 12.6. The molecule has 0 aliphatic heterocycles. The van der Waals surface area contributed by atoms with E-state index in [4.69, 9.17) is 18.5 Å². The van der Waals surface area contributed by atoms with Gasteiger partial charge in [-0.3, -0.25) is 18.6 Å². The maximum Gasteiger partial charge on any atom is 0.472 e. The van der Waals surface area contributed by atoms with Gasteiger partial charge >= 0.3 is 19.8 Å². The molecule has 0 aliphatic rings. The molecule has 2 atom stereocenters. The van der Waals surface area contributed by atoms with E-state index in [1.807, 2.05) is 0 Å². The lowest BCUT2D eigenvalue weighted by Gasteiger charge is -2.19. The normalized spacial score (nSPS) is 13.7. The van der Waals surface area contributed by atoms with Gasteiger partial charge in [-0.1, -0.05) is 141 Å². The van der Waals surface area contributed by atoms with Gasteiger partial charge in [0.2, 0.25) is 0 Å². The van der Waals surface area contributed by atoms with Gasteiger partial charge in [0.15, 0.2) is 6.10 Å².